The Morgan fingerprint density at radius 2 is 1.55 bits per heavy atom. The number of Topliss-reactive ketones (excluding diaryl/α,β-unsaturated/α-hetero) is 1. The lowest BCUT2D eigenvalue weighted by Crippen LogP contribution is -2.29. The zero-order valence-electron chi connectivity index (χ0n) is 20.5. The number of benzene rings is 4. The summed E-state index contributed by atoms with van der Waals surface area (Å²) in [5.74, 6) is -0.960. The van der Waals surface area contributed by atoms with Gasteiger partial charge in [0, 0.05) is 10.7 Å². The highest BCUT2D eigenvalue weighted by Gasteiger charge is 2.47. The normalized spacial score (nSPS) is 16.5. The molecule has 1 saturated heterocycles. The molecule has 0 spiro atoms. The van der Waals surface area contributed by atoms with Gasteiger partial charge in [0.2, 0.25) is 0 Å². The van der Waals surface area contributed by atoms with Gasteiger partial charge in [-0.15, -0.1) is 0 Å². The van der Waals surface area contributed by atoms with Crippen molar-refractivity contribution in [3.8, 4) is 11.5 Å². The van der Waals surface area contributed by atoms with Gasteiger partial charge in [-0.2, -0.15) is 0 Å². The van der Waals surface area contributed by atoms with Gasteiger partial charge in [-0.05, 0) is 53.6 Å². The number of anilines is 1. The quantitative estimate of drug-likeness (QED) is 0.168. The molecule has 38 heavy (non-hydrogen) atoms. The van der Waals surface area contributed by atoms with E-state index in [4.69, 9.17) is 21.1 Å². The van der Waals surface area contributed by atoms with E-state index in [1.54, 1.807) is 60.7 Å². The molecule has 5 rings (SSSR count). The van der Waals surface area contributed by atoms with Crippen LogP contribution in [0.4, 0.5) is 5.69 Å². The van der Waals surface area contributed by atoms with Crippen LogP contribution in [0.2, 0.25) is 5.02 Å². The number of ether oxygens (including phenoxy) is 2. The predicted molar refractivity (Wildman–Crippen MR) is 146 cm³/mol. The first kappa shape index (κ1) is 25.1. The molecule has 0 bridgehead atoms. The van der Waals surface area contributed by atoms with E-state index in [1.165, 1.54) is 18.1 Å². The molecule has 1 aliphatic rings. The number of rotatable bonds is 7. The molecule has 1 fully saturated rings. The molecule has 1 N–H and O–H groups in total. The number of hydrogen-bond acceptors (Lipinski definition) is 5. The fraction of sp³-hybridized carbons (Fsp3) is 0.0968. The Balaban J connectivity index is 1.58. The molecule has 1 atom stereocenters. The van der Waals surface area contributed by atoms with E-state index < -0.39 is 17.7 Å². The van der Waals surface area contributed by atoms with Crippen LogP contribution in [0.1, 0.15) is 22.7 Å². The van der Waals surface area contributed by atoms with Gasteiger partial charge in [-0.25, -0.2) is 0 Å². The third-order valence-electron chi connectivity index (χ3n) is 6.34. The molecule has 6 nitrogen and oxygen atoms in total. The van der Waals surface area contributed by atoms with Crippen LogP contribution in [0.5, 0.6) is 11.5 Å². The highest BCUT2D eigenvalue weighted by Crippen LogP contribution is 2.43. The van der Waals surface area contributed by atoms with Crippen molar-refractivity contribution in [3.63, 3.8) is 0 Å². The summed E-state index contributed by atoms with van der Waals surface area (Å²) in [6.07, 6.45) is 0. The first-order valence-corrected chi connectivity index (χ1v) is 12.3. The fourth-order valence-electron chi connectivity index (χ4n) is 4.50. The number of nitrogens with zero attached hydrogens (tertiary/aromatic N) is 1. The minimum atomic E-state index is -0.885. The Morgan fingerprint density at radius 3 is 2.21 bits per heavy atom. The molecule has 0 aromatic heterocycles. The lowest BCUT2D eigenvalue weighted by Gasteiger charge is -2.25. The van der Waals surface area contributed by atoms with E-state index in [-0.39, 0.29) is 16.9 Å². The Labute approximate surface area is 225 Å². The minimum absolute atomic E-state index is 0.0580. The molecule has 0 radical (unpaired) electrons. The van der Waals surface area contributed by atoms with Crippen LogP contribution in [0.25, 0.3) is 5.76 Å². The maximum atomic E-state index is 13.4. The molecular formula is C31H24ClNO5. The largest absolute Gasteiger partial charge is 0.507 e. The summed E-state index contributed by atoms with van der Waals surface area (Å²) in [6.45, 7) is 0.400. The molecule has 190 valence electrons. The molecule has 1 heterocycles. The number of para-hydroxylation sites is 1. The standard InChI is InChI=1S/C31H24ClNO5/c1-37-26-17-14-22(32)18-25(26)29(34)27-28(33(31(36)30(27)35)23-10-6-3-7-11-23)21-12-15-24(16-13-21)38-19-20-8-4-2-5-9-20/h2-18,28,34H,19H2,1H3/b29-27+. The first-order chi connectivity index (χ1) is 18.5. The summed E-state index contributed by atoms with van der Waals surface area (Å²) >= 11 is 6.19. The summed E-state index contributed by atoms with van der Waals surface area (Å²) in [4.78, 5) is 28.1. The van der Waals surface area contributed by atoms with Crippen LogP contribution in [0.3, 0.4) is 0 Å². The van der Waals surface area contributed by atoms with E-state index in [0.717, 1.165) is 5.56 Å². The molecule has 1 unspecified atom stereocenters. The number of amides is 1. The average Bonchev–Trinajstić information content (AvgIpc) is 3.22. The fourth-order valence-corrected chi connectivity index (χ4v) is 4.67. The van der Waals surface area contributed by atoms with Crippen LogP contribution in [-0.2, 0) is 16.2 Å². The molecular weight excluding hydrogens is 502 g/mol. The number of aliphatic hydroxyl groups is 1. The van der Waals surface area contributed by atoms with E-state index in [9.17, 15) is 14.7 Å². The van der Waals surface area contributed by atoms with Crippen molar-refractivity contribution < 1.29 is 24.2 Å². The maximum Gasteiger partial charge on any atom is 0.300 e. The molecule has 1 amide bonds. The number of halogens is 1. The molecule has 0 aliphatic carbocycles. The van der Waals surface area contributed by atoms with Gasteiger partial charge in [0.05, 0.1) is 24.3 Å². The van der Waals surface area contributed by atoms with Crippen molar-refractivity contribution in [2.24, 2.45) is 0 Å². The average molecular weight is 526 g/mol. The van der Waals surface area contributed by atoms with Crippen molar-refractivity contribution >= 4 is 34.7 Å². The lowest BCUT2D eigenvalue weighted by molar-refractivity contribution is -0.132. The summed E-state index contributed by atoms with van der Waals surface area (Å²) < 4.78 is 11.3. The summed E-state index contributed by atoms with van der Waals surface area (Å²) in [5.41, 5.74) is 2.35. The van der Waals surface area contributed by atoms with Crippen molar-refractivity contribution in [1.29, 1.82) is 0 Å². The van der Waals surface area contributed by atoms with Gasteiger partial charge in [-0.1, -0.05) is 72.3 Å². The summed E-state index contributed by atoms with van der Waals surface area (Å²) in [5, 5.41) is 11.8. The zero-order chi connectivity index (χ0) is 26.6. The molecule has 4 aromatic carbocycles. The van der Waals surface area contributed by atoms with Crippen LogP contribution in [0, 0.1) is 0 Å². The predicted octanol–water partition coefficient (Wildman–Crippen LogP) is 6.55. The zero-order valence-corrected chi connectivity index (χ0v) is 21.3. The third kappa shape index (κ3) is 4.86. The van der Waals surface area contributed by atoms with E-state index in [2.05, 4.69) is 0 Å². The Morgan fingerprint density at radius 1 is 0.895 bits per heavy atom. The molecule has 0 saturated carbocycles. The van der Waals surface area contributed by atoms with Crippen molar-refractivity contribution in [2.75, 3.05) is 12.0 Å². The molecule has 7 heteroatoms. The summed E-state index contributed by atoms with van der Waals surface area (Å²) in [6, 6.07) is 29.6. The smallest absolute Gasteiger partial charge is 0.300 e. The topological polar surface area (TPSA) is 76.1 Å². The second-order valence-electron chi connectivity index (χ2n) is 8.69. The molecule has 1 aliphatic heterocycles. The molecule has 4 aromatic rings. The van der Waals surface area contributed by atoms with Gasteiger partial charge in [-0.3, -0.25) is 14.5 Å². The van der Waals surface area contributed by atoms with Crippen LogP contribution in [0.15, 0.2) is 109 Å². The Kier molecular flexibility index (Phi) is 7.15. The third-order valence-corrected chi connectivity index (χ3v) is 6.57. The Bertz CT molecular complexity index is 1500. The van der Waals surface area contributed by atoms with Crippen LogP contribution >= 0.6 is 11.6 Å². The van der Waals surface area contributed by atoms with Crippen LogP contribution < -0.4 is 14.4 Å². The van der Waals surface area contributed by atoms with E-state index in [1.807, 2.05) is 36.4 Å². The van der Waals surface area contributed by atoms with Gasteiger partial charge < -0.3 is 14.6 Å². The van der Waals surface area contributed by atoms with Crippen molar-refractivity contribution in [2.45, 2.75) is 12.6 Å². The van der Waals surface area contributed by atoms with Gasteiger partial charge >= 0.3 is 0 Å². The second-order valence-corrected chi connectivity index (χ2v) is 9.13. The highest BCUT2D eigenvalue weighted by atomic mass is 35.5. The van der Waals surface area contributed by atoms with Gasteiger partial charge in [0.1, 0.15) is 23.9 Å². The second kappa shape index (κ2) is 10.8. The van der Waals surface area contributed by atoms with Gasteiger partial charge in [0.25, 0.3) is 11.7 Å². The number of aliphatic hydroxyl groups excluding tert-OH is 1. The first-order valence-electron chi connectivity index (χ1n) is 11.9. The number of carbonyl (C=O) groups excluding carboxylic acids is 2. The Hall–Kier alpha value is -4.55. The number of methoxy groups -OCH3 is 1. The number of carbonyl (C=O) groups is 2. The van der Waals surface area contributed by atoms with E-state index in [0.29, 0.717) is 34.4 Å². The minimum Gasteiger partial charge on any atom is -0.507 e. The highest BCUT2D eigenvalue weighted by molar-refractivity contribution is 6.51. The van der Waals surface area contributed by atoms with Gasteiger partial charge in [0.15, 0.2) is 0 Å². The van der Waals surface area contributed by atoms with Crippen LogP contribution in [-0.4, -0.2) is 23.9 Å². The van der Waals surface area contributed by atoms with Crippen molar-refractivity contribution in [1.82, 2.24) is 0 Å². The SMILES string of the molecule is COc1ccc(Cl)cc1/C(O)=C1\C(=O)C(=O)N(c2ccccc2)C1c1ccc(OCc2ccccc2)cc1. The lowest BCUT2D eigenvalue weighted by atomic mass is 9.94. The number of hydrogen-bond donors (Lipinski definition) is 1. The summed E-state index contributed by atoms with van der Waals surface area (Å²) in [7, 11) is 1.45. The van der Waals surface area contributed by atoms with Crippen molar-refractivity contribution in [3.05, 3.63) is 130 Å². The maximum absolute atomic E-state index is 13.4. The number of ketones is 1. The monoisotopic (exact) mass is 525 g/mol. The van der Waals surface area contributed by atoms with E-state index >= 15 is 0 Å².